The second kappa shape index (κ2) is 3.72. The molecular formula is C12H9ClN. The number of anilines is 1. The van der Waals surface area contributed by atoms with Crippen molar-refractivity contribution in [1.82, 2.24) is 0 Å². The summed E-state index contributed by atoms with van der Waals surface area (Å²) < 4.78 is 0. The molecule has 2 aromatic rings. The Morgan fingerprint density at radius 3 is 2.64 bits per heavy atom. The van der Waals surface area contributed by atoms with Crippen molar-refractivity contribution < 1.29 is 0 Å². The summed E-state index contributed by atoms with van der Waals surface area (Å²) in [5, 5.41) is 0.583. The summed E-state index contributed by atoms with van der Waals surface area (Å²) in [7, 11) is 0. The van der Waals surface area contributed by atoms with Crippen LogP contribution in [0.4, 0.5) is 5.69 Å². The Balaban J connectivity index is 2.48. The average molecular weight is 203 g/mol. The van der Waals surface area contributed by atoms with Crippen LogP contribution in [-0.4, -0.2) is 0 Å². The molecular weight excluding hydrogens is 194 g/mol. The van der Waals surface area contributed by atoms with Crippen LogP contribution in [0.25, 0.3) is 11.1 Å². The molecule has 2 aromatic carbocycles. The maximum atomic E-state index is 5.92. The number of hydrogen-bond acceptors (Lipinski definition) is 1. The standard InChI is InChI=1S/C12H9ClN/c13-11-8-10(6-7-12(11)14)9-4-2-1-3-5-9/h1-4,6-8H,14H2. The summed E-state index contributed by atoms with van der Waals surface area (Å²) in [5.74, 6) is 0. The Morgan fingerprint density at radius 2 is 2.00 bits per heavy atom. The van der Waals surface area contributed by atoms with E-state index in [-0.39, 0.29) is 0 Å². The molecule has 0 amide bonds. The van der Waals surface area contributed by atoms with Gasteiger partial charge in [0.1, 0.15) is 0 Å². The fraction of sp³-hybridized carbons (Fsp3) is 0. The van der Waals surface area contributed by atoms with E-state index in [1.807, 2.05) is 36.4 Å². The predicted molar refractivity (Wildman–Crippen MR) is 60.1 cm³/mol. The van der Waals surface area contributed by atoms with Gasteiger partial charge >= 0.3 is 0 Å². The number of nitrogen functional groups attached to an aromatic ring is 1. The lowest BCUT2D eigenvalue weighted by molar-refractivity contribution is 1.60. The summed E-state index contributed by atoms with van der Waals surface area (Å²) in [6.45, 7) is 0. The highest BCUT2D eigenvalue weighted by Gasteiger charge is 2.00. The summed E-state index contributed by atoms with van der Waals surface area (Å²) in [6, 6.07) is 16.5. The van der Waals surface area contributed by atoms with Crippen molar-refractivity contribution in [3.05, 3.63) is 53.6 Å². The van der Waals surface area contributed by atoms with E-state index in [0.717, 1.165) is 11.1 Å². The highest BCUT2D eigenvalue weighted by molar-refractivity contribution is 6.33. The molecule has 0 aromatic heterocycles. The van der Waals surface area contributed by atoms with Gasteiger partial charge in [-0.2, -0.15) is 0 Å². The molecule has 0 fully saturated rings. The Hall–Kier alpha value is -1.47. The molecule has 0 aliphatic rings. The van der Waals surface area contributed by atoms with Gasteiger partial charge in [-0.3, -0.25) is 0 Å². The van der Waals surface area contributed by atoms with Crippen molar-refractivity contribution in [2.75, 3.05) is 5.73 Å². The number of rotatable bonds is 1. The van der Waals surface area contributed by atoms with E-state index in [0.29, 0.717) is 10.7 Å². The lowest BCUT2D eigenvalue weighted by Crippen LogP contribution is -1.86. The smallest absolute Gasteiger partial charge is 0.0641 e. The zero-order valence-electron chi connectivity index (χ0n) is 7.50. The van der Waals surface area contributed by atoms with Gasteiger partial charge in [0.05, 0.1) is 10.7 Å². The average Bonchev–Trinajstić information content (AvgIpc) is 2.23. The Labute approximate surface area is 88.1 Å². The van der Waals surface area contributed by atoms with Crippen LogP contribution >= 0.6 is 11.6 Å². The quantitative estimate of drug-likeness (QED) is 0.705. The third-order valence-corrected chi connectivity index (χ3v) is 2.35. The lowest BCUT2D eigenvalue weighted by Gasteiger charge is -2.03. The predicted octanol–water partition coefficient (Wildman–Crippen LogP) is 3.39. The molecule has 0 unspecified atom stereocenters. The molecule has 14 heavy (non-hydrogen) atoms. The van der Waals surface area contributed by atoms with Crippen molar-refractivity contribution in [2.24, 2.45) is 0 Å². The first-order valence-electron chi connectivity index (χ1n) is 4.29. The molecule has 0 bridgehead atoms. The van der Waals surface area contributed by atoms with Crippen LogP contribution in [0, 0.1) is 6.07 Å². The molecule has 2 N–H and O–H groups in total. The SMILES string of the molecule is Nc1ccc(-c2[c]cccc2)cc1Cl. The third kappa shape index (κ3) is 1.73. The molecule has 2 heteroatoms. The molecule has 2 rings (SSSR count). The molecule has 0 spiro atoms. The van der Waals surface area contributed by atoms with Crippen molar-refractivity contribution >= 4 is 17.3 Å². The van der Waals surface area contributed by atoms with Gasteiger partial charge in [-0.1, -0.05) is 41.9 Å². The Bertz CT molecular complexity index is 437. The maximum absolute atomic E-state index is 5.92. The van der Waals surface area contributed by atoms with Gasteiger partial charge in [0.25, 0.3) is 0 Å². The van der Waals surface area contributed by atoms with E-state index in [9.17, 15) is 0 Å². The van der Waals surface area contributed by atoms with Crippen LogP contribution in [0.1, 0.15) is 0 Å². The van der Waals surface area contributed by atoms with Gasteiger partial charge in [0.15, 0.2) is 0 Å². The van der Waals surface area contributed by atoms with E-state index in [1.54, 1.807) is 6.07 Å². The van der Waals surface area contributed by atoms with E-state index in [4.69, 9.17) is 17.3 Å². The Morgan fingerprint density at radius 1 is 1.14 bits per heavy atom. The van der Waals surface area contributed by atoms with E-state index in [2.05, 4.69) is 6.07 Å². The fourth-order valence-corrected chi connectivity index (χ4v) is 1.45. The highest BCUT2D eigenvalue weighted by atomic mass is 35.5. The normalized spacial score (nSPS) is 10.1. The summed E-state index contributed by atoms with van der Waals surface area (Å²) in [5.41, 5.74) is 8.28. The minimum atomic E-state index is 0.583. The van der Waals surface area contributed by atoms with Crippen LogP contribution in [0.15, 0.2) is 42.5 Å². The van der Waals surface area contributed by atoms with Gasteiger partial charge in [-0.25, -0.2) is 0 Å². The summed E-state index contributed by atoms with van der Waals surface area (Å²) in [6.07, 6.45) is 0. The highest BCUT2D eigenvalue weighted by Crippen LogP contribution is 2.26. The zero-order valence-corrected chi connectivity index (χ0v) is 8.25. The molecule has 0 heterocycles. The van der Waals surface area contributed by atoms with E-state index in [1.165, 1.54) is 0 Å². The minimum Gasteiger partial charge on any atom is -0.398 e. The van der Waals surface area contributed by atoms with Gasteiger partial charge in [0.2, 0.25) is 0 Å². The molecule has 0 saturated heterocycles. The molecule has 0 atom stereocenters. The van der Waals surface area contributed by atoms with Crippen molar-refractivity contribution in [3.8, 4) is 11.1 Å². The van der Waals surface area contributed by atoms with Crippen molar-refractivity contribution in [2.45, 2.75) is 0 Å². The molecule has 69 valence electrons. The molecule has 1 nitrogen and oxygen atoms in total. The maximum Gasteiger partial charge on any atom is 0.0641 e. The first-order chi connectivity index (χ1) is 6.77. The Kier molecular flexibility index (Phi) is 2.42. The monoisotopic (exact) mass is 202 g/mol. The zero-order chi connectivity index (χ0) is 9.97. The summed E-state index contributed by atoms with van der Waals surface area (Å²) >= 11 is 5.92. The van der Waals surface area contributed by atoms with Crippen LogP contribution in [0.3, 0.4) is 0 Å². The van der Waals surface area contributed by atoms with Crippen molar-refractivity contribution in [3.63, 3.8) is 0 Å². The van der Waals surface area contributed by atoms with E-state index < -0.39 is 0 Å². The van der Waals surface area contributed by atoms with E-state index >= 15 is 0 Å². The van der Waals surface area contributed by atoms with Crippen LogP contribution in [0.2, 0.25) is 5.02 Å². The van der Waals surface area contributed by atoms with Gasteiger partial charge in [-0.15, -0.1) is 0 Å². The van der Waals surface area contributed by atoms with Crippen molar-refractivity contribution in [1.29, 1.82) is 0 Å². The first kappa shape index (κ1) is 9.10. The molecule has 1 radical (unpaired) electrons. The van der Waals surface area contributed by atoms with Crippen LogP contribution in [0.5, 0.6) is 0 Å². The van der Waals surface area contributed by atoms with Gasteiger partial charge < -0.3 is 5.73 Å². The largest absolute Gasteiger partial charge is 0.398 e. The molecule has 0 aliphatic heterocycles. The number of halogens is 1. The summed E-state index contributed by atoms with van der Waals surface area (Å²) in [4.78, 5) is 0. The fourth-order valence-electron chi connectivity index (χ4n) is 1.27. The second-order valence-corrected chi connectivity index (χ2v) is 3.42. The van der Waals surface area contributed by atoms with Gasteiger partial charge in [0, 0.05) is 0 Å². The first-order valence-corrected chi connectivity index (χ1v) is 4.67. The lowest BCUT2D eigenvalue weighted by atomic mass is 10.1. The van der Waals surface area contributed by atoms with Gasteiger partial charge in [-0.05, 0) is 29.3 Å². The third-order valence-electron chi connectivity index (χ3n) is 2.02. The molecule has 0 saturated carbocycles. The topological polar surface area (TPSA) is 26.0 Å². The number of nitrogens with two attached hydrogens (primary N) is 1. The minimum absolute atomic E-state index is 0.583. The number of benzene rings is 2. The molecule has 0 aliphatic carbocycles. The van der Waals surface area contributed by atoms with Crippen LogP contribution < -0.4 is 5.73 Å². The van der Waals surface area contributed by atoms with Crippen LogP contribution in [-0.2, 0) is 0 Å². The number of hydrogen-bond donors (Lipinski definition) is 1. The second-order valence-electron chi connectivity index (χ2n) is 3.01.